The van der Waals surface area contributed by atoms with E-state index in [9.17, 15) is 4.79 Å². The van der Waals surface area contributed by atoms with E-state index in [2.05, 4.69) is 49.1 Å². The summed E-state index contributed by atoms with van der Waals surface area (Å²) < 4.78 is 0. The molecule has 1 heterocycles. The van der Waals surface area contributed by atoms with Crippen molar-refractivity contribution in [2.45, 2.75) is 32.9 Å². The second-order valence-electron chi connectivity index (χ2n) is 6.21. The molecular weight excluding hydrogens is 262 g/mol. The van der Waals surface area contributed by atoms with Gasteiger partial charge in [0.1, 0.15) is 0 Å². The van der Waals surface area contributed by atoms with Crippen molar-refractivity contribution in [1.29, 1.82) is 0 Å². The second-order valence-corrected chi connectivity index (χ2v) is 6.21. The molecule has 0 saturated carbocycles. The Morgan fingerprint density at radius 2 is 2.10 bits per heavy atom. The zero-order valence-electron chi connectivity index (χ0n) is 13.2. The van der Waals surface area contributed by atoms with Crippen LogP contribution in [0.1, 0.15) is 25.8 Å². The van der Waals surface area contributed by atoms with Crippen molar-refractivity contribution in [2.75, 3.05) is 26.2 Å². The fraction of sp³-hybridized carbons (Fsp3) is 0.588. The summed E-state index contributed by atoms with van der Waals surface area (Å²) in [6.07, 6.45) is 1.09. The van der Waals surface area contributed by atoms with E-state index in [4.69, 9.17) is 5.73 Å². The summed E-state index contributed by atoms with van der Waals surface area (Å²) in [6, 6.07) is 11.1. The number of benzene rings is 1. The molecule has 4 nitrogen and oxygen atoms in total. The van der Waals surface area contributed by atoms with Crippen molar-refractivity contribution >= 4 is 5.91 Å². The predicted octanol–water partition coefficient (Wildman–Crippen LogP) is 1.70. The Labute approximate surface area is 127 Å². The number of nitrogens with zero attached hydrogens (tertiary/aromatic N) is 2. The molecule has 1 saturated heterocycles. The third-order valence-corrected chi connectivity index (χ3v) is 4.26. The van der Waals surface area contributed by atoms with Crippen LogP contribution in [0.5, 0.6) is 0 Å². The summed E-state index contributed by atoms with van der Waals surface area (Å²) in [7, 11) is 0. The van der Waals surface area contributed by atoms with Gasteiger partial charge < -0.3 is 10.6 Å². The lowest BCUT2D eigenvalue weighted by atomic mass is 10.1. The van der Waals surface area contributed by atoms with Crippen molar-refractivity contribution in [3.63, 3.8) is 0 Å². The highest BCUT2D eigenvalue weighted by Gasteiger charge is 2.27. The average molecular weight is 289 g/mol. The van der Waals surface area contributed by atoms with Gasteiger partial charge in [0.15, 0.2) is 0 Å². The molecule has 0 spiro atoms. The first-order valence-electron chi connectivity index (χ1n) is 7.86. The van der Waals surface area contributed by atoms with Gasteiger partial charge in [-0.2, -0.15) is 0 Å². The van der Waals surface area contributed by atoms with E-state index in [1.54, 1.807) is 0 Å². The molecule has 1 unspecified atom stereocenters. The number of amides is 1. The molecule has 4 heteroatoms. The third-order valence-electron chi connectivity index (χ3n) is 4.26. The number of carbonyl (C=O) groups is 1. The lowest BCUT2D eigenvalue weighted by Crippen LogP contribution is -2.38. The quantitative estimate of drug-likeness (QED) is 0.867. The molecule has 1 amide bonds. The van der Waals surface area contributed by atoms with Gasteiger partial charge >= 0.3 is 0 Å². The molecule has 1 atom stereocenters. The number of hydrogen-bond acceptors (Lipinski definition) is 3. The number of rotatable bonds is 6. The minimum absolute atomic E-state index is 0.0802. The van der Waals surface area contributed by atoms with Crippen molar-refractivity contribution in [1.82, 2.24) is 9.80 Å². The third kappa shape index (κ3) is 4.55. The molecule has 0 aromatic heterocycles. The highest BCUT2D eigenvalue weighted by atomic mass is 16.2. The lowest BCUT2D eigenvalue weighted by molar-refractivity contribution is -0.128. The monoisotopic (exact) mass is 289 g/mol. The van der Waals surface area contributed by atoms with E-state index in [0.717, 1.165) is 32.6 Å². The highest BCUT2D eigenvalue weighted by Crippen LogP contribution is 2.20. The topological polar surface area (TPSA) is 49.6 Å². The molecule has 1 aromatic carbocycles. The highest BCUT2D eigenvalue weighted by molar-refractivity contribution is 5.78. The van der Waals surface area contributed by atoms with Crippen molar-refractivity contribution in [2.24, 2.45) is 11.7 Å². The van der Waals surface area contributed by atoms with Crippen LogP contribution >= 0.6 is 0 Å². The van der Waals surface area contributed by atoms with Crippen LogP contribution in [-0.2, 0) is 11.3 Å². The fourth-order valence-corrected chi connectivity index (χ4v) is 2.94. The number of nitrogens with two attached hydrogens (primary N) is 1. The Hall–Kier alpha value is -1.39. The van der Waals surface area contributed by atoms with Gasteiger partial charge in [-0.05, 0) is 31.7 Å². The zero-order valence-corrected chi connectivity index (χ0v) is 13.2. The molecule has 1 aliphatic rings. The van der Waals surface area contributed by atoms with Crippen LogP contribution in [-0.4, -0.2) is 47.9 Å². The van der Waals surface area contributed by atoms with Gasteiger partial charge in [-0.1, -0.05) is 30.3 Å². The summed E-state index contributed by atoms with van der Waals surface area (Å²) in [5.74, 6) is 0.642. The predicted molar refractivity (Wildman–Crippen MR) is 85.7 cm³/mol. The van der Waals surface area contributed by atoms with Gasteiger partial charge in [0.25, 0.3) is 0 Å². The summed E-state index contributed by atoms with van der Waals surface area (Å²) in [5, 5.41) is 0. The Morgan fingerprint density at radius 1 is 1.38 bits per heavy atom. The van der Waals surface area contributed by atoms with Crippen molar-refractivity contribution in [3.05, 3.63) is 35.9 Å². The molecule has 2 N–H and O–H groups in total. The molecule has 116 valence electrons. The van der Waals surface area contributed by atoms with E-state index in [-0.39, 0.29) is 12.5 Å². The number of likely N-dealkylation sites (tertiary alicyclic amines) is 1. The standard InChI is InChI=1S/C17H27N3O/c1-14(2)20(11-15-6-4-3-5-7-15)13-16-8-9-19(12-16)17(21)10-18/h3-7,14,16H,8-13,18H2,1-2H3. The first kappa shape index (κ1) is 16.0. The van der Waals surface area contributed by atoms with E-state index < -0.39 is 0 Å². The summed E-state index contributed by atoms with van der Waals surface area (Å²) >= 11 is 0. The SMILES string of the molecule is CC(C)N(Cc1ccccc1)CC1CCN(C(=O)CN)C1. The largest absolute Gasteiger partial charge is 0.341 e. The van der Waals surface area contributed by atoms with Gasteiger partial charge in [0.05, 0.1) is 6.54 Å². The minimum atomic E-state index is 0.0802. The molecule has 21 heavy (non-hydrogen) atoms. The Balaban J connectivity index is 1.90. The van der Waals surface area contributed by atoms with Gasteiger partial charge in [0.2, 0.25) is 5.91 Å². The van der Waals surface area contributed by atoms with Gasteiger partial charge in [-0.3, -0.25) is 9.69 Å². The van der Waals surface area contributed by atoms with E-state index in [0.29, 0.717) is 12.0 Å². The molecule has 0 radical (unpaired) electrons. The van der Waals surface area contributed by atoms with Gasteiger partial charge in [-0.15, -0.1) is 0 Å². The van der Waals surface area contributed by atoms with Crippen molar-refractivity contribution in [3.8, 4) is 0 Å². The molecule has 2 rings (SSSR count). The molecule has 1 aliphatic heterocycles. The molecule has 1 fully saturated rings. The Kier molecular flexibility index (Phi) is 5.76. The molecular formula is C17H27N3O. The number of carbonyl (C=O) groups excluding carboxylic acids is 1. The van der Waals surface area contributed by atoms with Crippen LogP contribution < -0.4 is 5.73 Å². The van der Waals surface area contributed by atoms with Gasteiger partial charge in [0, 0.05) is 32.2 Å². The molecule has 0 bridgehead atoms. The van der Waals surface area contributed by atoms with E-state index in [1.165, 1.54) is 5.56 Å². The minimum Gasteiger partial charge on any atom is -0.341 e. The molecule has 1 aromatic rings. The maximum Gasteiger partial charge on any atom is 0.236 e. The van der Waals surface area contributed by atoms with Crippen LogP contribution in [0.3, 0.4) is 0 Å². The van der Waals surface area contributed by atoms with Crippen molar-refractivity contribution < 1.29 is 4.79 Å². The smallest absolute Gasteiger partial charge is 0.236 e. The number of hydrogen-bond donors (Lipinski definition) is 1. The first-order chi connectivity index (χ1) is 10.1. The average Bonchev–Trinajstić information content (AvgIpc) is 2.95. The summed E-state index contributed by atoms with van der Waals surface area (Å²) in [6.45, 7) is 8.33. The second kappa shape index (κ2) is 7.57. The van der Waals surface area contributed by atoms with Crippen LogP contribution in [0.25, 0.3) is 0 Å². The zero-order chi connectivity index (χ0) is 15.2. The first-order valence-corrected chi connectivity index (χ1v) is 7.86. The van der Waals surface area contributed by atoms with Gasteiger partial charge in [-0.25, -0.2) is 0 Å². The van der Waals surface area contributed by atoms with E-state index in [1.807, 2.05) is 4.90 Å². The fourth-order valence-electron chi connectivity index (χ4n) is 2.94. The van der Waals surface area contributed by atoms with Crippen LogP contribution in [0.4, 0.5) is 0 Å². The maximum atomic E-state index is 11.7. The summed E-state index contributed by atoms with van der Waals surface area (Å²) in [5.41, 5.74) is 6.79. The van der Waals surface area contributed by atoms with Crippen LogP contribution in [0.2, 0.25) is 0 Å². The normalized spacial score (nSPS) is 18.7. The molecule has 0 aliphatic carbocycles. The van der Waals surface area contributed by atoms with Crippen LogP contribution in [0.15, 0.2) is 30.3 Å². The Morgan fingerprint density at radius 3 is 2.71 bits per heavy atom. The maximum absolute atomic E-state index is 11.7. The Bertz CT molecular complexity index is 447. The van der Waals surface area contributed by atoms with E-state index >= 15 is 0 Å². The van der Waals surface area contributed by atoms with Crippen LogP contribution in [0, 0.1) is 5.92 Å². The summed E-state index contributed by atoms with van der Waals surface area (Å²) in [4.78, 5) is 16.1. The lowest BCUT2D eigenvalue weighted by Gasteiger charge is -2.29.